The number of hydrogen-bond acceptors (Lipinski definition) is 8. The van der Waals surface area contributed by atoms with Crippen LogP contribution < -0.4 is 21.3 Å². The predicted molar refractivity (Wildman–Crippen MR) is 113 cm³/mol. The third-order valence-electron chi connectivity index (χ3n) is 4.92. The van der Waals surface area contributed by atoms with Gasteiger partial charge in [-0.2, -0.15) is 0 Å². The molecule has 1 fully saturated rings. The van der Waals surface area contributed by atoms with Crippen LogP contribution in [0.1, 0.15) is 6.23 Å². The minimum absolute atomic E-state index is 0.0114. The number of para-hydroxylation sites is 1. The number of imidazole rings is 1. The van der Waals surface area contributed by atoms with Crippen molar-refractivity contribution in [1.29, 1.82) is 0 Å². The quantitative estimate of drug-likeness (QED) is 0.320. The zero-order valence-corrected chi connectivity index (χ0v) is 17.0. The predicted octanol–water partition coefficient (Wildman–Crippen LogP) is 0.0185. The van der Waals surface area contributed by atoms with Gasteiger partial charge in [0.2, 0.25) is 0 Å². The lowest BCUT2D eigenvalue weighted by Crippen LogP contribution is -2.42. The highest BCUT2D eigenvalue weighted by molar-refractivity contribution is 6.02. The van der Waals surface area contributed by atoms with E-state index in [9.17, 15) is 19.8 Å². The Morgan fingerprint density at radius 2 is 1.84 bits per heavy atom. The number of aliphatic hydroxyl groups excluding tert-OH is 2. The first-order valence-corrected chi connectivity index (χ1v) is 9.75. The number of carbonyl (C=O) groups excluding carboxylic acids is 2. The first kappa shape index (κ1) is 21.4. The van der Waals surface area contributed by atoms with Gasteiger partial charge in [-0.15, -0.1) is 0 Å². The molecule has 1 aliphatic rings. The lowest BCUT2D eigenvalue weighted by atomic mass is 10.1. The number of rotatable bonds is 5. The summed E-state index contributed by atoms with van der Waals surface area (Å²) in [5.74, 6) is 0.160. The lowest BCUT2D eigenvalue weighted by molar-refractivity contribution is -0.0335. The maximum absolute atomic E-state index is 12.3. The number of urea groups is 2. The summed E-state index contributed by atoms with van der Waals surface area (Å²) in [5, 5.41) is 31.0. The number of amides is 4. The van der Waals surface area contributed by atoms with Crippen LogP contribution in [0.25, 0.3) is 11.2 Å². The van der Waals surface area contributed by atoms with Crippen molar-refractivity contribution in [2.75, 3.05) is 24.2 Å². The third kappa shape index (κ3) is 4.30. The van der Waals surface area contributed by atoms with Gasteiger partial charge >= 0.3 is 12.1 Å². The highest BCUT2D eigenvalue weighted by Crippen LogP contribution is 2.32. The van der Waals surface area contributed by atoms with Gasteiger partial charge in [-0.05, 0) is 12.1 Å². The van der Waals surface area contributed by atoms with E-state index in [-0.39, 0.29) is 23.5 Å². The van der Waals surface area contributed by atoms with Gasteiger partial charge in [0.05, 0.1) is 6.33 Å². The number of benzene rings is 1. The number of fused-ring (bicyclic) bond motifs is 1. The topological polar surface area (TPSA) is 176 Å². The number of aromatic nitrogens is 4. The molecule has 1 aromatic carbocycles. The summed E-state index contributed by atoms with van der Waals surface area (Å²) in [6, 6.07) is 7.94. The Kier molecular flexibility index (Phi) is 6.11. The third-order valence-corrected chi connectivity index (χ3v) is 4.92. The summed E-state index contributed by atoms with van der Waals surface area (Å²) in [7, 11) is 1.46. The molecule has 1 saturated heterocycles. The number of nitrogens with one attached hydrogen (secondary N) is 4. The average molecular weight is 442 g/mol. The number of hydrogen-bond donors (Lipinski definition) is 6. The Bertz CT molecular complexity index is 1110. The van der Waals surface area contributed by atoms with Gasteiger partial charge in [0.1, 0.15) is 24.6 Å². The van der Waals surface area contributed by atoms with E-state index < -0.39 is 36.6 Å². The van der Waals surface area contributed by atoms with Gasteiger partial charge in [-0.3, -0.25) is 9.88 Å². The van der Waals surface area contributed by atoms with Crippen LogP contribution in [0.3, 0.4) is 0 Å². The monoisotopic (exact) mass is 442 g/mol. The number of anilines is 2. The van der Waals surface area contributed by atoms with Crippen molar-refractivity contribution in [3.05, 3.63) is 43.0 Å². The Balaban J connectivity index is 1.51. The SMILES string of the molecule is CNC(=O)NC[C@H]1O[C@@H](n2cnc3c(NC(=O)Nc4ccccc4)ncnc32)C(O)[C@H]1O. The van der Waals surface area contributed by atoms with E-state index >= 15 is 0 Å². The molecule has 13 heteroatoms. The number of carbonyl (C=O) groups is 2. The van der Waals surface area contributed by atoms with Crippen LogP contribution in [0.5, 0.6) is 0 Å². The molecular formula is C19H22N8O5. The second-order valence-electron chi connectivity index (χ2n) is 7.00. The van der Waals surface area contributed by atoms with E-state index in [1.54, 1.807) is 24.3 Å². The summed E-state index contributed by atoms with van der Waals surface area (Å²) in [6.45, 7) is -0.0114. The first-order chi connectivity index (χ1) is 15.5. The van der Waals surface area contributed by atoms with Crippen LogP contribution in [0.2, 0.25) is 0 Å². The van der Waals surface area contributed by atoms with E-state index in [1.165, 1.54) is 24.3 Å². The molecule has 3 aromatic rings. The molecule has 0 saturated carbocycles. The molecule has 0 radical (unpaired) electrons. The van der Waals surface area contributed by atoms with Crippen LogP contribution in [-0.4, -0.2) is 73.7 Å². The Labute approximate surface area is 181 Å². The van der Waals surface area contributed by atoms with Gasteiger partial charge in [0, 0.05) is 19.3 Å². The fraction of sp³-hybridized carbons (Fsp3) is 0.316. The highest BCUT2D eigenvalue weighted by Gasteiger charge is 2.44. The highest BCUT2D eigenvalue weighted by atomic mass is 16.6. The zero-order valence-electron chi connectivity index (χ0n) is 17.0. The van der Waals surface area contributed by atoms with E-state index in [4.69, 9.17) is 4.74 Å². The van der Waals surface area contributed by atoms with Gasteiger partial charge in [-0.1, -0.05) is 18.2 Å². The molecule has 3 heterocycles. The maximum atomic E-state index is 12.3. The van der Waals surface area contributed by atoms with Crippen LogP contribution in [0, 0.1) is 0 Å². The van der Waals surface area contributed by atoms with Crippen molar-refractivity contribution in [3.63, 3.8) is 0 Å². The standard InChI is InChI=1S/C19H22N8O5/c1-20-18(30)21-7-11-13(28)14(29)17(32-11)27-9-24-12-15(22-8-23-16(12)27)26-19(31)25-10-5-3-2-4-6-10/h2-6,8-9,11,13-14,17,28-29H,7H2,1H3,(H2,20,21,30)(H2,22,23,25,26,31)/t11-,13+,14?,17-/m1/s1. The van der Waals surface area contributed by atoms with Crippen molar-refractivity contribution in [2.45, 2.75) is 24.5 Å². The van der Waals surface area contributed by atoms with Gasteiger partial charge in [0.15, 0.2) is 23.2 Å². The summed E-state index contributed by atoms with van der Waals surface area (Å²) in [5.41, 5.74) is 1.16. The molecule has 0 aliphatic carbocycles. The van der Waals surface area contributed by atoms with Crippen molar-refractivity contribution in [3.8, 4) is 0 Å². The Morgan fingerprint density at radius 1 is 1.06 bits per heavy atom. The molecule has 13 nitrogen and oxygen atoms in total. The molecule has 1 aliphatic heterocycles. The molecule has 4 atom stereocenters. The fourth-order valence-electron chi connectivity index (χ4n) is 3.33. The zero-order chi connectivity index (χ0) is 22.7. The first-order valence-electron chi connectivity index (χ1n) is 9.75. The smallest absolute Gasteiger partial charge is 0.324 e. The second kappa shape index (κ2) is 9.13. The summed E-state index contributed by atoms with van der Waals surface area (Å²) in [4.78, 5) is 36.2. The minimum atomic E-state index is -1.29. The van der Waals surface area contributed by atoms with Gasteiger partial charge < -0.3 is 30.9 Å². The van der Waals surface area contributed by atoms with E-state index in [2.05, 4.69) is 36.2 Å². The largest absolute Gasteiger partial charge is 0.387 e. The van der Waals surface area contributed by atoms with Crippen LogP contribution in [-0.2, 0) is 4.74 Å². The Morgan fingerprint density at radius 3 is 2.59 bits per heavy atom. The van der Waals surface area contributed by atoms with Crippen LogP contribution in [0.4, 0.5) is 21.1 Å². The number of ether oxygens (including phenoxy) is 1. The maximum Gasteiger partial charge on any atom is 0.324 e. The van der Waals surface area contributed by atoms with Crippen LogP contribution >= 0.6 is 0 Å². The number of nitrogens with zero attached hydrogens (tertiary/aromatic N) is 4. The van der Waals surface area contributed by atoms with Crippen molar-refractivity contribution in [1.82, 2.24) is 30.2 Å². The van der Waals surface area contributed by atoms with Crippen LogP contribution in [0.15, 0.2) is 43.0 Å². The number of aliphatic hydroxyl groups is 2. The molecule has 6 N–H and O–H groups in total. The fourth-order valence-corrected chi connectivity index (χ4v) is 3.33. The van der Waals surface area contributed by atoms with E-state index in [0.717, 1.165) is 0 Å². The summed E-state index contributed by atoms with van der Waals surface area (Å²) >= 11 is 0. The lowest BCUT2D eigenvalue weighted by Gasteiger charge is -2.16. The minimum Gasteiger partial charge on any atom is -0.387 e. The van der Waals surface area contributed by atoms with Gasteiger partial charge in [-0.25, -0.2) is 24.5 Å². The van der Waals surface area contributed by atoms with Crippen molar-refractivity contribution < 1.29 is 24.5 Å². The molecule has 168 valence electrons. The molecule has 4 amide bonds. The van der Waals surface area contributed by atoms with Crippen molar-refractivity contribution in [2.24, 2.45) is 0 Å². The second-order valence-corrected chi connectivity index (χ2v) is 7.00. The van der Waals surface area contributed by atoms with E-state index in [1.807, 2.05) is 6.07 Å². The Hall–Kier alpha value is -3.81. The molecular weight excluding hydrogens is 420 g/mol. The molecule has 0 spiro atoms. The molecule has 0 bridgehead atoms. The average Bonchev–Trinajstić information content (AvgIpc) is 3.34. The molecule has 1 unspecified atom stereocenters. The normalized spacial score (nSPS) is 22.5. The van der Waals surface area contributed by atoms with Crippen molar-refractivity contribution >= 4 is 34.7 Å². The summed E-state index contributed by atoms with van der Waals surface area (Å²) < 4.78 is 7.19. The molecule has 32 heavy (non-hydrogen) atoms. The molecule has 2 aromatic heterocycles. The van der Waals surface area contributed by atoms with Gasteiger partial charge in [0.25, 0.3) is 0 Å². The summed E-state index contributed by atoms with van der Waals surface area (Å²) in [6.07, 6.45) is -1.79. The molecule has 4 rings (SSSR count). The van der Waals surface area contributed by atoms with E-state index in [0.29, 0.717) is 5.69 Å².